The summed E-state index contributed by atoms with van der Waals surface area (Å²) < 4.78 is 26.4. The van der Waals surface area contributed by atoms with Crippen molar-refractivity contribution >= 4 is 21.8 Å². The molecule has 0 spiro atoms. The van der Waals surface area contributed by atoms with Crippen LogP contribution in [0.2, 0.25) is 0 Å². The lowest BCUT2D eigenvalue weighted by atomic mass is 10.4. The summed E-state index contributed by atoms with van der Waals surface area (Å²) in [5.74, 6) is 1.79. The molecule has 0 bridgehead atoms. The molecule has 0 amide bonds. The zero-order valence-corrected chi connectivity index (χ0v) is 11.1. The summed E-state index contributed by atoms with van der Waals surface area (Å²) in [7, 11) is -3.35. The fourth-order valence-corrected chi connectivity index (χ4v) is 3.30. The van der Waals surface area contributed by atoms with Gasteiger partial charge in [0.25, 0.3) is 0 Å². The molecular weight excluding hydrogens is 242 g/mol. The molecule has 5 heteroatoms. The van der Waals surface area contributed by atoms with Crippen molar-refractivity contribution in [1.29, 1.82) is 0 Å². The van der Waals surface area contributed by atoms with Crippen molar-refractivity contribution in [3.8, 4) is 0 Å². The molecule has 90 valence electrons. The van der Waals surface area contributed by atoms with Gasteiger partial charge in [0.2, 0.25) is 10.0 Å². The highest BCUT2D eigenvalue weighted by atomic mass is 32.2. The topological polar surface area (TPSA) is 46.2 Å². The molecule has 3 nitrogen and oxygen atoms in total. The molecule has 16 heavy (non-hydrogen) atoms. The highest BCUT2D eigenvalue weighted by Gasteiger charge is 2.16. The molecule has 0 aromatic heterocycles. The van der Waals surface area contributed by atoms with E-state index >= 15 is 0 Å². The zero-order valence-electron chi connectivity index (χ0n) is 9.51. The normalized spacial score (nSPS) is 13.6. The van der Waals surface area contributed by atoms with E-state index in [1.165, 1.54) is 0 Å². The van der Waals surface area contributed by atoms with Crippen LogP contribution >= 0.6 is 11.8 Å². The molecule has 1 rings (SSSR count). The van der Waals surface area contributed by atoms with Gasteiger partial charge in [-0.2, -0.15) is 11.8 Å². The third kappa shape index (κ3) is 4.15. The number of sulfonamides is 1. The maximum atomic E-state index is 11.9. The van der Waals surface area contributed by atoms with E-state index in [0.717, 1.165) is 11.5 Å². The molecule has 1 atom stereocenters. The smallest absolute Gasteiger partial charge is 0.208 e. The van der Waals surface area contributed by atoms with Crippen LogP contribution in [0.15, 0.2) is 35.2 Å². The van der Waals surface area contributed by atoms with Crippen molar-refractivity contribution in [2.75, 3.05) is 11.5 Å². The number of hydrogen-bond donors (Lipinski definition) is 1. The highest BCUT2D eigenvalue weighted by molar-refractivity contribution is 7.99. The van der Waals surface area contributed by atoms with E-state index in [9.17, 15) is 8.42 Å². The molecule has 0 radical (unpaired) electrons. The number of thioether (sulfide) groups is 1. The molecule has 0 aliphatic rings. The second-order valence-electron chi connectivity index (χ2n) is 3.49. The monoisotopic (exact) mass is 259 g/mol. The maximum absolute atomic E-state index is 11.9. The van der Waals surface area contributed by atoms with E-state index in [1.807, 2.05) is 6.92 Å². The van der Waals surface area contributed by atoms with E-state index in [1.54, 1.807) is 42.1 Å². The predicted molar refractivity (Wildman–Crippen MR) is 69.2 cm³/mol. The molecule has 0 aliphatic carbocycles. The average Bonchev–Trinajstić information content (AvgIpc) is 2.27. The number of nitrogens with one attached hydrogen (secondary N) is 1. The van der Waals surface area contributed by atoms with Crippen LogP contribution < -0.4 is 4.72 Å². The van der Waals surface area contributed by atoms with Crippen LogP contribution in [0.5, 0.6) is 0 Å². The van der Waals surface area contributed by atoms with Gasteiger partial charge in [-0.05, 0) is 24.8 Å². The zero-order chi connectivity index (χ0) is 12.0. The number of benzene rings is 1. The minimum absolute atomic E-state index is 0.0462. The Morgan fingerprint density at radius 3 is 2.50 bits per heavy atom. The molecule has 1 aromatic rings. The van der Waals surface area contributed by atoms with Gasteiger partial charge in [-0.15, -0.1) is 0 Å². The summed E-state index contributed by atoms with van der Waals surface area (Å²) in [5.41, 5.74) is 0. The molecule has 0 saturated carbocycles. The van der Waals surface area contributed by atoms with E-state index in [-0.39, 0.29) is 6.04 Å². The van der Waals surface area contributed by atoms with Crippen LogP contribution in [0.25, 0.3) is 0 Å². The largest absolute Gasteiger partial charge is 0.240 e. The Kier molecular flexibility index (Phi) is 5.31. The number of hydrogen-bond acceptors (Lipinski definition) is 3. The van der Waals surface area contributed by atoms with E-state index in [2.05, 4.69) is 11.6 Å². The first-order chi connectivity index (χ1) is 7.56. The Morgan fingerprint density at radius 1 is 1.31 bits per heavy atom. The van der Waals surface area contributed by atoms with Gasteiger partial charge < -0.3 is 0 Å². The van der Waals surface area contributed by atoms with Gasteiger partial charge in [-0.25, -0.2) is 13.1 Å². The second kappa shape index (κ2) is 6.27. The summed E-state index contributed by atoms with van der Waals surface area (Å²) >= 11 is 1.73. The van der Waals surface area contributed by atoms with Gasteiger partial charge >= 0.3 is 0 Å². The van der Waals surface area contributed by atoms with E-state index in [0.29, 0.717) is 4.90 Å². The van der Waals surface area contributed by atoms with Crippen molar-refractivity contribution < 1.29 is 8.42 Å². The maximum Gasteiger partial charge on any atom is 0.240 e. The standard InChI is InChI=1S/C11H17NO2S2/c1-3-15-9-10(2)12-16(13,14)11-7-5-4-6-8-11/h4-8,10,12H,3,9H2,1-2H3. The molecule has 0 heterocycles. The van der Waals surface area contributed by atoms with Crippen LogP contribution in [0, 0.1) is 0 Å². The molecule has 0 saturated heterocycles. The fourth-order valence-electron chi connectivity index (χ4n) is 1.26. The van der Waals surface area contributed by atoms with Gasteiger partial charge in [0.05, 0.1) is 4.90 Å². The van der Waals surface area contributed by atoms with Crippen LogP contribution in [0.1, 0.15) is 13.8 Å². The first-order valence-electron chi connectivity index (χ1n) is 5.21. The third-order valence-electron chi connectivity index (χ3n) is 1.98. The van der Waals surface area contributed by atoms with Crippen molar-refractivity contribution in [3.05, 3.63) is 30.3 Å². The van der Waals surface area contributed by atoms with E-state index in [4.69, 9.17) is 0 Å². The van der Waals surface area contributed by atoms with E-state index < -0.39 is 10.0 Å². The summed E-state index contributed by atoms with van der Waals surface area (Å²) in [4.78, 5) is 0.323. The van der Waals surface area contributed by atoms with Crippen LogP contribution in [-0.2, 0) is 10.0 Å². The number of rotatable bonds is 6. The third-order valence-corrected chi connectivity index (χ3v) is 4.73. The molecule has 1 N–H and O–H groups in total. The molecule has 0 aliphatic heterocycles. The summed E-state index contributed by atoms with van der Waals surface area (Å²) in [6.45, 7) is 3.94. The molecular formula is C11H17NO2S2. The molecule has 1 unspecified atom stereocenters. The van der Waals surface area contributed by atoms with Crippen molar-refractivity contribution in [2.24, 2.45) is 0 Å². The SMILES string of the molecule is CCSCC(C)NS(=O)(=O)c1ccccc1. The van der Waals surface area contributed by atoms with Crippen LogP contribution in [-0.4, -0.2) is 26.0 Å². The minimum Gasteiger partial charge on any atom is -0.208 e. The lowest BCUT2D eigenvalue weighted by molar-refractivity contribution is 0.571. The Morgan fingerprint density at radius 2 is 1.94 bits per heavy atom. The summed E-state index contributed by atoms with van der Waals surface area (Å²) in [6, 6.07) is 8.40. The van der Waals surface area contributed by atoms with Crippen molar-refractivity contribution in [3.63, 3.8) is 0 Å². The predicted octanol–water partition coefficient (Wildman–Crippen LogP) is 2.11. The Balaban J connectivity index is 2.66. The lowest BCUT2D eigenvalue weighted by Gasteiger charge is -2.13. The first kappa shape index (κ1) is 13.5. The average molecular weight is 259 g/mol. The first-order valence-corrected chi connectivity index (χ1v) is 7.85. The fraction of sp³-hybridized carbons (Fsp3) is 0.455. The second-order valence-corrected chi connectivity index (χ2v) is 6.53. The van der Waals surface area contributed by atoms with Crippen LogP contribution in [0.4, 0.5) is 0 Å². The molecule has 0 fully saturated rings. The Hall–Kier alpha value is -0.520. The van der Waals surface area contributed by atoms with Crippen molar-refractivity contribution in [2.45, 2.75) is 24.8 Å². The van der Waals surface area contributed by atoms with Gasteiger partial charge in [-0.1, -0.05) is 25.1 Å². The van der Waals surface area contributed by atoms with Gasteiger partial charge in [0.1, 0.15) is 0 Å². The Bertz CT molecular complexity index is 403. The van der Waals surface area contributed by atoms with Gasteiger partial charge in [-0.3, -0.25) is 0 Å². The quantitative estimate of drug-likeness (QED) is 0.851. The highest BCUT2D eigenvalue weighted by Crippen LogP contribution is 2.09. The Labute approximate surface area is 102 Å². The summed E-state index contributed by atoms with van der Waals surface area (Å²) in [6.07, 6.45) is 0. The van der Waals surface area contributed by atoms with Gasteiger partial charge in [0, 0.05) is 11.8 Å². The summed E-state index contributed by atoms with van der Waals surface area (Å²) in [5, 5.41) is 0. The van der Waals surface area contributed by atoms with Crippen molar-refractivity contribution in [1.82, 2.24) is 4.72 Å². The lowest BCUT2D eigenvalue weighted by Crippen LogP contribution is -2.34. The molecule has 1 aromatic carbocycles. The minimum atomic E-state index is -3.35. The van der Waals surface area contributed by atoms with Crippen LogP contribution in [0.3, 0.4) is 0 Å². The van der Waals surface area contributed by atoms with Gasteiger partial charge in [0.15, 0.2) is 0 Å².